The third-order valence-corrected chi connectivity index (χ3v) is 3.47. The average Bonchev–Trinajstić information content (AvgIpc) is 2.24. The maximum absolute atomic E-state index is 11.5. The summed E-state index contributed by atoms with van der Waals surface area (Å²) in [6.07, 6.45) is 1.57. The fourth-order valence-electron chi connectivity index (χ4n) is 0.871. The van der Waals surface area contributed by atoms with Crippen LogP contribution < -0.4 is 0 Å². The molecule has 0 aromatic rings. The van der Waals surface area contributed by atoms with Gasteiger partial charge in [-0.15, -0.1) is 0 Å². The largest absolute Gasteiger partial charge is 0.616 e. The van der Waals surface area contributed by atoms with Crippen molar-refractivity contribution in [1.82, 2.24) is 0 Å². The van der Waals surface area contributed by atoms with Crippen LogP contribution in [0, 0.1) is 22.7 Å². The molecule has 0 atom stereocenters. The minimum Gasteiger partial charge on any atom is -0.275 e. The minimum atomic E-state index is -5.35. The Hall–Kier alpha value is -0.936. The van der Waals surface area contributed by atoms with Gasteiger partial charge < -0.3 is 0 Å². The van der Waals surface area contributed by atoms with Crippen molar-refractivity contribution in [3.8, 4) is 12.1 Å². The highest BCUT2D eigenvalue weighted by atomic mass is 28.5. The molecule has 104 valence electrons. The van der Waals surface area contributed by atoms with Gasteiger partial charge in [-0.05, 0) is 18.9 Å². The highest BCUT2D eigenvalue weighted by molar-refractivity contribution is 6.58. The standard InChI is InChI=1S/C5H9F2NSi.C4H6F3NSi/c6-9(7)5-3-1-2-4-8;5-9(6,7)4-2-1-3-8/h9H,1-3,5H2;1-2,4H2. The van der Waals surface area contributed by atoms with E-state index in [0.717, 1.165) is 0 Å². The molecule has 0 saturated heterocycles. The van der Waals surface area contributed by atoms with E-state index in [1.165, 1.54) is 0 Å². The third kappa shape index (κ3) is 24.3. The Morgan fingerprint density at radius 1 is 0.889 bits per heavy atom. The van der Waals surface area contributed by atoms with E-state index in [1.54, 1.807) is 6.07 Å². The Balaban J connectivity index is 0. The van der Waals surface area contributed by atoms with Crippen LogP contribution >= 0.6 is 0 Å². The van der Waals surface area contributed by atoms with Crippen LogP contribution in [0.5, 0.6) is 0 Å². The van der Waals surface area contributed by atoms with Gasteiger partial charge in [-0.25, -0.2) is 12.3 Å². The number of hydrogen-bond donors (Lipinski definition) is 0. The molecule has 0 N–H and O–H groups in total. The second-order valence-corrected chi connectivity index (χ2v) is 6.51. The van der Waals surface area contributed by atoms with Crippen LogP contribution in [0.2, 0.25) is 12.1 Å². The van der Waals surface area contributed by atoms with Gasteiger partial charge in [0.05, 0.1) is 12.1 Å². The molecule has 0 aromatic carbocycles. The number of halogens is 5. The van der Waals surface area contributed by atoms with Crippen LogP contribution in [-0.4, -0.2) is 18.5 Å². The predicted octanol–water partition coefficient (Wildman–Crippen LogP) is 3.98. The molecule has 9 heteroatoms. The maximum atomic E-state index is 11.5. The molecule has 0 aliphatic rings. The SMILES string of the molecule is N#CCCCC[SiH](F)F.N#CCCC[Si](F)(F)F. The summed E-state index contributed by atoms with van der Waals surface area (Å²) in [5.74, 6) is 0. The van der Waals surface area contributed by atoms with Crippen LogP contribution in [0.1, 0.15) is 32.1 Å². The monoisotopic (exact) mass is 302 g/mol. The predicted molar refractivity (Wildman–Crippen MR) is 62.4 cm³/mol. The Morgan fingerprint density at radius 3 is 1.78 bits per heavy atom. The number of nitriles is 2. The summed E-state index contributed by atoms with van der Waals surface area (Å²) >= 11 is 0. The van der Waals surface area contributed by atoms with E-state index < -0.39 is 24.6 Å². The Morgan fingerprint density at radius 2 is 1.39 bits per heavy atom. The van der Waals surface area contributed by atoms with Gasteiger partial charge in [0, 0.05) is 18.9 Å². The van der Waals surface area contributed by atoms with Gasteiger partial charge in [-0.1, -0.05) is 6.42 Å². The summed E-state index contributed by atoms with van der Waals surface area (Å²) in [5.41, 5.74) is 0. The molecule has 0 saturated carbocycles. The van der Waals surface area contributed by atoms with Gasteiger partial charge >= 0.3 is 18.5 Å². The zero-order valence-electron chi connectivity index (χ0n) is 9.81. The van der Waals surface area contributed by atoms with Gasteiger partial charge in [-0.2, -0.15) is 10.5 Å². The number of rotatable bonds is 7. The first-order valence-corrected chi connectivity index (χ1v) is 8.95. The molecule has 18 heavy (non-hydrogen) atoms. The van der Waals surface area contributed by atoms with Crippen LogP contribution in [0.3, 0.4) is 0 Å². The lowest BCUT2D eigenvalue weighted by Crippen LogP contribution is -2.13. The normalized spacial score (nSPS) is 10.2. The maximum Gasteiger partial charge on any atom is 0.616 e. The number of nitrogens with zero attached hydrogens (tertiary/aromatic N) is 2. The topological polar surface area (TPSA) is 47.6 Å². The van der Waals surface area contributed by atoms with Crippen molar-refractivity contribution in [3.05, 3.63) is 0 Å². The zero-order chi connectivity index (χ0) is 14.4. The lowest BCUT2D eigenvalue weighted by atomic mass is 10.3. The lowest BCUT2D eigenvalue weighted by Gasteiger charge is -1.96. The van der Waals surface area contributed by atoms with Gasteiger partial charge in [0.25, 0.3) is 0 Å². The fraction of sp³-hybridized carbons (Fsp3) is 0.778. The molecule has 0 aliphatic heterocycles. The lowest BCUT2D eigenvalue weighted by molar-refractivity contribution is 0.464. The molecule has 2 nitrogen and oxygen atoms in total. The van der Waals surface area contributed by atoms with Crippen LogP contribution in [0.25, 0.3) is 0 Å². The molecule has 0 aromatic heterocycles. The molecule has 0 bridgehead atoms. The molecule has 0 aliphatic carbocycles. The van der Waals surface area contributed by atoms with Crippen LogP contribution in [0.4, 0.5) is 20.5 Å². The first kappa shape index (κ1) is 19.4. The minimum absolute atomic E-state index is 0.0203. The first-order valence-electron chi connectivity index (χ1n) is 5.42. The quantitative estimate of drug-likeness (QED) is 0.309. The molecule has 0 spiro atoms. The highest BCUT2D eigenvalue weighted by Gasteiger charge is 2.35. The molecule has 0 unspecified atom stereocenters. The Kier molecular flexibility index (Phi) is 13.5. The molecular weight excluding hydrogens is 287 g/mol. The van der Waals surface area contributed by atoms with Crippen molar-refractivity contribution >= 4 is 18.5 Å². The van der Waals surface area contributed by atoms with Gasteiger partial charge in [0.2, 0.25) is 0 Å². The van der Waals surface area contributed by atoms with E-state index in [2.05, 4.69) is 0 Å². The van der Waals surface area contributed by atoms with E-state index in [0.29, 0.717) is 19.3 Å². The second-order valence-electron chi connectivity index (χ2n) is 3.42. The van der Waals surface area contributed by atoms with E-state index in [1.807, 2.05) is 6.07 Å². The average molecular weight is 302 g/mol. The third-order valence-electron chi connectivity index (χ3n) is 1.71. The van der Waals surface area contributed by atoms with Crippen LogP contribution in [0.15, 0.2) is 0 Å². The van der Waals surface area contributed by atoms with Crippen LogP contribution in [-0.2, 0) is 0 Å². The highest BCUT2D eigenvalue weighted by Crippen LogP contribution is 2.17. The summed E-state index contributed by atoms with van der Waals surface area (Å²) in [7, 11) is -8.67. The summed E-state index contributed by atoms with van der Waals surface area (Å²) in [5, 5.41) is 15.9. The van der Waals surface area contributed by atoms with E-state index >= 15 is 0 Å². The van der Waals surface area contributed by atoms with E-state index in [-0.39, 0.29) is 18.9 Å². The van der Waals surface area contributed by atoms with Crippen molar-refractivity contribution in [2.45, 2.75) is 44.2 Å². The van der Waals surface area contributed by atoms with E-state index in [9.17, 15) is 20.5 Å². The molecule has 0 heterocycles. The molecule has 0 radical (unpaired) electrons. The number of unbranched alkanes of at least 4 members (excludes halogenated alkanes) is 3. The van der Waals surface area contributed by atoms with Crippen molar-refractivity contribution in [2.75, 3.05) is 0 Å². The first-order chi connectivity index (χ1) is 8.33. The molecular formula is C9H15F5N2Si2. The summed E-state index contributed by atoms with van der Waals surface area (Å²) in [6.45, 7) is 0. The second kappa shape index (κ2) is 12.5. The van der Waals surface area contributed by atoms with Crippen molar-refractivity contribution in [3.63, 3.8) is 0 Å². The fourth-order valence-corrected chi connectivity index (χ4v) is 2.05. The summed E-state index contributed by atoms with van der Waals surface area (Å²) < 4.78 is 57.3. The molecule has 0 rings (SSSR count). The van der Waals surface area contributed by atoms with Crippen molar-refractivity contribution < 1.29 is 20.5 Å². The number of hydrogen-bond acceptors (Lipinski definition) is 2. The zero-order valence-corrected chi connectivity index (χ0v) is 12.0. The van der Waals surface area contributed by atoms with Gasteiger partial charge in [0.15, 0.2) is 0 Å². The summed E-state index contributed by atoms with van der Waals surface area (Å²) in [6, 6.07) is 2.94. The smallest absolute Gasteiger partial charge is 0.275 e. The van der Waals surface area contributed by atoms with Gasteiger partial charge in [0.1, 0.15) is 0 Å². The van der Waals surface area contributed by atoms with E-state index in [4.69, 9.17) is 10.5 Å². The van der Waals surface area contributed by atoms with Crippen molar-refractivity contribution in [1.29, 1.82) is 10.5 Å². The molecule has 0 fully saturated rings. The summed E-state index contributed by atoms with van der Waals surface area (Å²) in [4.78, 5) is 0. The van der Waals surface area contributed by atoms with Gasteiger partial charge in [-0.3, -0.25) is 8.22 Å². The Bertz CT molecular complexity index is 270. The van der Waals surface area contributed by atoms with Crippen molar-refractivity contribution in [2.24, 2.45) is 0 Å². The Labute approximate surface area is 107 Å². The molecule has 0 amide bonds.